The van der Waals surface area contributed by atoms with Gasteiger partial charge in [0, 0.05) is 5.69 Å². The summed E-state index contributed by atoms with van der Waals surface area (Å²) >= 11 is 0. The third-order valence-corrected chi connectivity index (χ3v) is 5.75. The number of anilines is 2. The molecule has 0 aliphatic heterocycles. The lowest BCUT2D eigenvalue weighted by Crippen LogP contribution is -2.19. The van der Waals surface area contributed by atoms with Crippen molar-refractivity contribution in [2.75, 3.05) is 10.0 Å². The van der Waals surface area contributed by atoms with E-state index >= 15 is 0 Å². The lowest BCUT2D eigenvalue weighted by atomic mass is 10.1. The SMILES string of the molecule is N#CCc1ccc(NC(=O)c2ccccc2NS(=O)(=O)c2cccc(C(F)(F)F)c2)cc1. The molecule has 0 aliphatic rings. The van der Waals surface area contributed by atoms with E-state index in [9.17, 15) is 26.4 Å². The molecule has 164 valence electrons. The van der Waals surface area contributed by atoms with Crippen molar-refractivity contribution in [3.63, 3.8) is 0 Å². The fourth-order valence-corrected chi connectivity index (χ4v) is 3.93. The van der Waals surface area contributed by atoms with Crippen LogP contribution in [-0.2, 0) is 22.6 Å². The summed E-state index contributed by atoms with van der Waals surface area (Å²) in [5.41, 5.74) is -0.0362. The smallest absolute Gasteiger partial charge is 0.322 e. The van der Waals surface area contributed by atoms with E-state index in [4.69, 9.17) is 5.26 Å². The number of sulfonamides is 1. The first-order chi connectivity index (χ1) is 15.1. The number of benzene rings is 3. The Balaban J connectivity index is 1.85. The average molecular weight is 459 g/mol. The molecular formula is C22H16F3N3O3S. The van der Waals surface area contributed by atoms with E-state index in [-0.39, 0.29) is 17.7 Å². The van der Waals surface area contributed by atoms with Crippen LogP contribution in [-0.4, -0.2) is 14.3 Å². The minimum absolute atomic E-state index is 0.0239. The lowest BCUT2D eigenvalue weighted by Gasteiger charge is -2.14. The standard InChI is InChI=1S/C22H16F3N3O3S/c23-22(24,25)16-4-3-5-18(14-16)32(30,31)28-20-7-2-1-6-19(20)21(29)27-17-10-8-15(9-11-17)12-13-26/h1-11,14,28H,12H2,(H,27,29). The van der Waals surface area contributed by atoms with Gasteiger partial charge >= 0.3 is 6.18 Å². The highest BCUT2D eigenvalue weighted by Crippen LogP contribution is 2.31. The van der Waals surface area contributed by atoms with Crippen LogP contribution >= 0.6 is 0 Å². The Bertz CT molecular complexity index is 1280. The van der Waals surface area contributed by atoms with Crippen molar-refractivity contribution in [2.24, 2.45) is 0 Å². The Labute approximate surface area is 182 Å². The molecule has 3 aromatic carbocycles. The summed E-state index contributed by atoms with van der Waals surface area (Å²) in [5.74, 6) is -0.625. The van der Waals surface area contributed by atoms with Gasteiger partial charge in [-0.05, 0) is 48.0 Å². The fourth-order valence-electron chi connectivity index (χ4n) is 2.81. The van der Waals surface area contributed by atoms with Crippen molar-refractivity contribution < 1.29 is 26.4 Å². The Morgan fingerprint density at radius 1 is 0.969 bits per heavy atom. The van der Waals surface area contributed by atoms with Crippen LogP contribution in [0.15, 0.2) is 77.7 Å². The molecular weight excluding hydrogens is 443 g/mol. The van der Waals surface area contributed by atoms with Crippen molar-refractivity contribution >= 4 is 27.3 Å². The largest absolute Gasteiger partial charge is 0.416 e. The van der Waals surface area contributed by atoms with Gasteiger partial charge in [0.25, 0.3) is 15.9 Å². The molecule has 0 aliphatic carbocycles. The first-order valence-corrected chi connectivity index (χ1v) is 10.6. The van der Waals surface area contributed by atoms with Crippen LogP contribution in [0.4, 0.5) is 24.5 Å². The van der Waals surface area contributed by atoms with Crippen molar-refractivity contribution in [2.45, 2.75) is 17.5 Å². The van der Waals surface area contributed by atoms with Crippen molar-refractivity contribution in [3.8, 4) is 6.07 Å². The van der Waals surface area contributed by atoms with Gasteiger partial charge in [0.15, 0.2) is 0 Å². The van der Waals surface area contributed by atoms with Crippen LogP contribution in [0.25, 0.3) is 0 Å². The molecule has 0 heterocycles. The van der Waals surface area contributed by atoms with Gasteiger partial charge in [0.1, 0.15) is 0 Å². The van der Waals surface area contributed by atoms with Crippen LogP contribution < -0.4 is 10.0 Å². The molecule has 2 N–H and O–H groups in total. The number of hydrogen-bond donors (Lipinski definition) is 2. The number of nitrogens with one attached hydrogen (secondary N) is 2. The Kier molecular flexibility index (Phi) is 6.50. The molecule has 1 amide bonds. The number of carbonyl (C=O) groups excluding carboxylic acids is 1. The second kappa shape index (κ2) is 9.11. The molecule has 32 heavy (non-hydrogen) atoms. The number of nitrogens with zero attached hydrogens (tertiary/aromatic N) is 1. The van der Waals surface area contributed by atoms with Gasteiger partial charge in [0.05, 0.1) is 34.2 Å². The molecule has 0 atom stereocenters. The summed E-state index contributed by atoms with van der Waals surface area (Å²) in [6, 6.07) is 17.6. The summed E-state index contributed by atoms with van der Waals surface area (Å²) in [6.07, 6.45) is -4.49. The quantitative estimate of drug-likeness (QED) is 0.552. The molecule has 0 saturated heterocycles. The molecule has 0 fully saturated rings. The highest BCUT2D eigenvalue weighted by molar-refractivity contribution is 7.92. The predicted octanol–water partition coefficient (Wildman–Crippen LogP) is 4.82. The van der Waals surface area contributed by atoms with Crippen LogP contribution in [0.3, 0.4) is 0 Å². The van der Waals surface area contributed by atoms with E-state index in [1.165, 1.54) is 24.3 Å². The molecule has 0 aromatic heterocycles. The van der Waals surface area contributed by atoms with Crippen LogP contribution in [0.1, 0.15) is 21.5 Å². The topological polar surface area (TPSA) is 99.1 Å². The van der Waals surface area contributed by atoms with E-state index in [1.807, 2.05) is 6.07 Å². The number of alkyl halides is 3. The highest BCUT2D eigenvalue weighted by Gasteiger charge is 2.31. The summed E-state index contributed by atoms with van der Waals surface area (Å²) in [4.78, 5) is 12.1. The minimum atomic E-state index is -4.70. The van der Waals surface area contributed by atoms with Gasteiger partial charge in [0.2, 0.25) is 0 Å². The first-order valence-electron chi connectivity index (χ1n) is 9.16. The van der Waals surface area contributed by atoms with E-state index in [2.05, 4.69) is 10.0 Å². The van der Waals surface area contributed by atoms with E-state index in [1.54, 1.807) is 24.3 Å². The van der Waals surface area contributed by atoms with E-state index in [0.717, 1.165) is 23.8 Å². The number of para-hydroxylation sites is 1. The number of halogens is 3. The van der Waals surface area contributed by atoms with Gasteiger partial charge in [-0.25, -0.2) is 8.42 Å². The van der Waals surface area contributed by atoms with Gasteiger partial charge in [-0.2, -0.15) is 18.4 Å². The zero-order chi connectivity index (χ0) is 23.4. The van der Waals surface area contributed by atoms with Gasteiger partial charge in [-0.3, -0.25) is 9.52 Å². The monoisotopic (exact) mass is 459 g/mol. The van der Waals surface area contributed by atoms with Gasteiger partial charge < -0.3 is 5.32 Å². The van der Waals surface area contributed by atoms with Crippen molar-refractivity contribution in [1.82, 2.24) is 0 Å². The zero-order valence-electron chi connectivity index (χ0n) is 16.3. The zero-order valence-corrected chi connectivity index (χ0v) is 17.2. The first kappa shape index (κ1) is 22.8. The normalized spacial score (nSPS) is 11.4. The second-order valence-corrected chi connectivity index (χ2v) is 8.35. The molecule has 6 nitrogen and oxygen atoms in total. The fraction of sp³-hybridized carbons (Fsp3) is 0.0909. The molecule has 0 bridgehead atoms. The third kappa shape index (κ3) is 5.44. The Hall–Kier alpha value is -3.84. The second-order valence-electron chi connectivity index (χ2n) is 6.66. The van der Waals surface area contributed by atoms with Crippen molar-refractivity contribution in [1.29, 1.82) is 5.26 Å². The minimum Gasteiger partial charge on any atom is -0.322 e. The molecule has 0 radical (unpaired) electrons. The van der Waals surface area contributed by atoms with Gasteiger partial charge in [-0.1, -0.05) is 30.3 Å². The predicted molar refractivity (Wildman–Crippen MR) is 112 cm³/mol. The lowest BCUT2D eigenvalue weighted by molar-refractivity contribution is -0.137. The highest BCUT2D eigenvalue weighted by atomic mass is 32.2. The van der Waals surface area contributed by atoms with Crippen LogP contribution in [0, 0.1) is 11.3 Å². The number of hydrogen-bond acceptors (Lipinski definition) is 4. The van der Waals surface area contributed by atoms with Crippen LogP contribution in [0.2, 0.25) is 0 Å². The maximum Gasteiger partial charge on any atom is 0.416 e. The molecule has 0 unspecified atom stereocenters. The third-order valence-electron chi connectivity index (χ3n) is 4.38. The van der Waals surface area contributed by atoms with E-state index < -0.39 is 32.6 Å². The number of nitriles is 1. The van der Waals surface area contributed by atoms with Crippen molar-refractivity contribution in [3.05, 3.63) is 89.5 Å². The van der Waals surface area contributed by atoms with E-state index in [0.29, 0.717) is 11.8 Å². The molecule has 3 aromatic rings. The molecule has 0 spiro atoms. The Morgan fingerprint density at radius 3 is 2.31 bits per heavy atom. The molecule has 10 heteroatoms. The maximum absolute atomic E-state index is 12.9. The summed E-state index contributed by atoms with van der Waals surface area (Å²) in [7, 11) is -4.40. The van der Waals surface area contributed by atoms with Crippen LogP contribution in [0.5, 0.6) is 0 Å². The number of amides is 1. The maximum atomic E-state index is 12.9. The molecule has 3 rings (SSSR count). The number of rotatable bonds is 6. The summed E-state index contributed by atoms with van der Waals surface area (Å²) < 4.78 is 66.4. The molecule has 0 saturated carbocycles. The van der Waals surface area contributed by atoms with Gasteiger partial charge in [-0.15, -0.1) is 0 Å². The summed E-state index contributed by atoms with van der Waals surface area (Å²) in [6.45, 7) is 0. The average Bonchev–Trinajstić information content (AvgIpc) is 2.75. The number of carbonyl (C=O) groups is 1. The Morgan fingerprint density at radius 2 is 1.66 bits per heavy atom. The summed E-state index contributed by atoms with van der Waals surface area (Å²) in [5, 5.41) is 11.3.